The van der Waals surface area contributed by atoms with Crippen LogP contribution in [0.2, 0.25) is 0 Å². The summed E-state index contributed by atoms with van der Waals surface area (Å²) in [6.07, 6.45) is 0.883. The van der Waals surface area contributed by atoms with Gasteiger partial charge in [0.05, 0.1) is 6.61 Å². The second-order valence-corrected chi connectivity index (χ2v) is 5.86. The molecule has 26 heavy (non-hydrogen) atoms. The summed E-state index contributed by atoms with van der Waals surface area (Å²) in [5, 5.41) is 23.0. The maximum absolute atomic E-state index is 12.1. The lowest BCUT2D eigenvalue weighted by Crippen LogP contribution is -2.53. The number of nitrogens with one attached hydrogen (secondary N) is 2. The predicted octanol–water partition coefficient (Wildman–Crippen LogP) is 1.20. The molecule has 0 aliphatic carbocycles. The summed E-state index contributed by atoms with van der Waals surface area (Å²) in [4.78, 5) is 35.1. The average Bonchev–Trinajstić information content (AvgIpc) is 2.61. The highest BCUT2D eigenvalue weighted by Crippen LogP contribution is 2.02. The van der Waals surface area contributed by atoms with Crippen LogP contribution in [0.1, 0.15) is 25.8 Å². The van der Waals surface area contributed by atoms with Gasteiger partial charge in [-0.05, 0) is 25.8 Å². The van der Waals surface area contributed by atoms with Gasteiger partial charge in [0.2, 0.25) is 5.91 Å². The Hall–Kier alpha value is -2.87. The van der Waals surface area contributed by atoms with E-state index in [9.17, 15) is 19.5 Å². The van der Waals surface area contributed by atoms with Gasteiger partial charge in [0, 0.05) is 0 Å². The lowest BCUT2D eigenvalue weighted by Gasteiger charge is -2.19. The smallest absolute Gasteiger partial charge is 0.408 e. The van der Waals surface area contributed by atoms with Crippen LogP contribution in [0, 0.1) is 0 Å². The fourth-order valence-corrected chi connectivity index (χ4v) is 1.95. The molecule has 0 radical (unpaired) electrons. The zero-order valence-corrected chi connectivity index (χ0v) is 14.8. The van der Waals surface area contributed by atoms with Crippen LogP contribution in [0.5, 0.6) is 0 Å². The van der Waals surface area contributed by atoms with Crippen LogP contribution in [-0.2, 0) is 20.9 Å². The Balaban J connectivity index is 2.56. The molecule has 142 valence electrons. The predicted molar refractivity (Wildman–Crippen MR) is 94.3 cm³/mol. The number of carbonyl (C=O) groups is 3. The van der Waals surface area contributed by atoms with E-state index in [0.29, 0.717) is 0 Å². The molecule has 0 fully saturated rings. The molecule has 1 rings (SSSR count). The van der Waals surface area contributed by atoms with E-state index in [4.69, 9.17) is 9.84 Å². The molecule has 2 atom stereocenters. The van der Waals surface area contributed by atoms with Gasteiger partial charge in [0.1, 0.15) is 18.7 Å². The molecule has 2 amide bonds. The van der Waals surface area contributed by atoms with Crippen LogP contribution in [0.3, 0.4) is 0 Å². The van der Waals surface area contributed by atoms with Gasteiger partial charge in [-0.2, -0.15) is 0 Å². The second-order valence-electron chi connectivity index (χ2n) is 5.86. The van der Waals surface area contributed by atoms with Crippen molar-refractivity contribution in [1.29, 1.82) is 0 Å². The van der Waals surface area contributed by atoms with Gasteiger partial charge in [-0.25, -0.2) is 9.59 Å². The second kappa shape index (κ2) is 10.9. The van der Waals surface area contributed by atoms with E-state index in [2.05, 4.69) is 10.6 Å². The number of aliphatic hydroxyl groups excluding tert-OH is 1. The van der Waals surface area contributed by atoms with Crippen molar-refractivity contribution in [1.82, 2.24) is 10.6 Å². The average molecular weight is 364 g/mol. The Morgan fingerprint density at radius 2 is 1.77 bits per heavy atom. The standard InChI is InChI=1S/C18H24N2O6/c1-12(2)8-9-14(17(23)24)19-16(22)15(10-21)20-18(25)26-11-13-6-4-3-5-7-13/h3-8,14-15,21H,9-11H2,1-2H3,(H,19,22)(H,20,25)(H,23,24)/t14-,15+/m1/s1. The molecule has 0 heterocycles. The minimum absolute atomic E-state index is 0.00473. The highest BCUT2D eigenvalue weighted by atomic mass is 16.5. The molecular weight excluding hydrogens is 340 g/mol. The summed E-state index contributed by atoms with van der Waals surface area (Å²) >= 11 is 0. The van der Waals surface area contributed by atoms with Gasteiger partial charge in [-0.3, -0.25) is 4.79 Å². The molecule has 0 saturated heterocycles. The summed E-state index contributed by atoms with van der Waals surface area (Å²) in [5.41, 5.74) is 1.67. The third-order valence-electron chi connectivity index (χ3n) is 3.38. The number of hydrogen-bond acceptors (Lipinski definition) is 5. The SMILES string of the molecule is CC(C)=CC[C@@H](NC(=O)[C@H](CO)NC(=O)OCc1ccccc1)C(=O)O. The molecule has 0 saturated carbocycles. The van der Waals surface area contributed by atoms with Gasteiger partial charge in [0.25, 0.3) is 0 Å². The first kappa shape index (κ1) is 21.2. The van der Waals surface area contributed by atoms with E-state index in [1.54, 1.807) is 30.3 Å². The Morgan fingerprint density at radius 3 is 2.31 bits per heavy atom. The summed E-state index contributed by atoms with van der Waals surface area (Å²) in [6, 6.07) is 6.47. The van der Waals surface area contributed by atoms with Crippen LogP contribution in [0.15, 0.2) is 42.0 Å². The zero-order valence-electron chi connectivity index (χ0n) is 14.8. The maximum Gasteiger partial charge on any atom is 0.408 e. The Kier molecular flexibility index (Phi) is 8.86. The lowest BCUT2D eigenvalue weighted by molar-refractivity contribution is -0.142. The topological polar surface area (TPSA) is 125 Å². The van der Waals surface area contributed by atoms with Gasteiger partial charge in [-0.15, -0.1) is 0 Å². The molecule has 8 heteroatoms. The molecular formula is C18H24N2O6. The number of aliphatic carboxylic acids is 1. The minimum Gasteiger partial charge on any atom is -0.480 e. The number of benzene rings is 1. The van der Waals surface area contributed by atoms with Gasteiger partial charge in [0.15, 0.2) is 0 Å². The Bertz CT molecular complexity index is 640. The number of ether oxygens (including phenoxy) is 1. The zero-order chi connectivity index (χ0) is 19.5. The van der Waals surface area contributed by atoms with Crippen molar-refractivity contribution >= 4 is 18.0 Å². The number of alkyl carbamates (subject to hydrolysis) is 1. The Morgan fingerprint density at radius 1 is 1.12 bits per heavy atom. The fraction of sp³-hybridized carbons (Fsp3) is 0.389. The van der Waals surface area contributed by atoms with E-state index in [1.165, 1.54) is 0 Å². The quantitative estimate of drug-likeness (QED) is 0.488. The van der Waals surface area contributed by atoms with Crippen LogP contribution < -0.4 is 10.6 Å². The normalized spacial score (nSPS) is 12.4. The lowest BCUT2D eigenvalue weighted by atomic mass is 10.1. The third-order valence-corrected chi connectivity index (χ3v) is 3.38. The van der Waals surface area contributed by atoms with E-state index in [0.717, 1.165) is 11.1 Å². The number of carboxylic acids is 1. The Labute approximate surface area is 151 Å². The van der Waals surface area contributed by atoms with Crippen molar-refractivity contribution in [3.63, 3.8) is 0 Å². The van der Waals surface area contributed by atoms with Gasteiger partial charge >= 0.3 is 12.1 Å². The molecule has 0 unspecified atom stereocenters. The molecule has 1 aromatic carbocycles. The summed E-state index contributed by atoms with van der Waals surface area (Å²) < 4.78 is 4.97. The van der Waals surface area contributed by atoms with Crippen molar-refractivity contribution in [3.8, 4) is 0 Å². The number of aliphatic hydroxyl groups is 1. The fourth-order valence-electron chi connectivity index (χ4n) is 1.95. The molecule has 8 nitrogen and oxygen atoms in total. The van der Waals surface area contributed by atoms with Crippen molar-refractivity contribution < 1.29 is 29.3 Å². The van der Waals surface area contributed by atoms with E-state index in [-0.39, 0.29) is 13.0 Å². The molecule has 0 spiro atoms. The van der Waals surface area contributed by atoms with Crippen molar-refractivity contribution in [2.24, 2.45) is 0 Å². The summed E-state index contributed by atoms with van der Waals surface area (Å²) in [7, 11) is 0. The number of carbonyl (C=O) groups excluding carboxylic acids is 2. The van der Waals surface area contributed by atoms with E-state index in [1.807, 2.05) is 19.9 Å². The molecule has 1 aromatic rings. The maximum atomic E-state index is 12.1. The minimum atomic E-state index is -1.31. The van der Waals surface area contributed by atoms with Crippen LogP contribution >= 0.6 is 0 Å². The highest BCUT2D eigenvalue weighted by Gasteiger charge is 2.25. The van der Waals surface area contributed by atoms with Crippen LogP contribution in [0.25, 0.3) is 0 Å². The van der Waals surface area contributed by atoms with Gasteiger partial charge < -0.3 is 25.6 Å². The molecule has 0 aliphatic rings. The summed E-state index contributed by atoms with van der Waals surface area (Å²) in [6.45, 7) is 2.93. The van der Waals surface area contributed by atoms with E-state index < -0.39 is 36.7 Å². The number of hydrogen-bond donors (Lipinski definition) is 4. The van der Waals surface area contributed by atoms with Crippen molar-refractivity contribution in [3.05, 3.63) is 47.5 Å². The molecule has 4 N–H and O–H groups in total. The van der Waals surface area contributed by atoms with Crippen LogP contribution in [0.4, 0.5) is 4.79 Å². The first-order valence-corrected chi connectivity index (χ1v) is 8.08. The number of allylic oxidation sites excluding steroid dienone is 1. The molecule has 0 aromatic heterocycles. The largest absolute Gasteiger partial charge is 0.480 e. The summed E-state index contributed by atoms with van der Waals surface area (Å²) in [5.74, 6) is -2.02. The van der Waals surface area contributed by atoms with Crippen molar-refractivity contribution in [2.45, 2.75) is 39.0 Å². The monoisotopic (exact) mass is 364 g/mol. The van der Waals surface area contributed by atoms with Gasteiger partial charge in [-0.1, -0.05) is 42.0 Å². The van der Waals surface area contributed by atoms with Crippen molar-refractivity contribution in [2.75, 3.05) is 6.61 Å². The first-order valence-electron chi connectivity index (χ1n) is 8.08. The molecule has 0 aliphatic heterocycles. The van der Waals surface area contributed by atoms with Crippen LogP contribution in [-0.4, -0.2) is 46.9 Å². The van der Waals surface area contributed by atoms with E-state index >= 15 is 0 Å². The number of carboxylic acid groups (broad SMARTS) is 1. The molecule has 0 bridgehead atoms. The number of rotatable bonds is 9. The first-order chi connectivity index (χ1) is 12.3. The third kappa shape index (κ3) is 7.80. The number of amides is 2. The highest BCUT2D eigenvalue weighted by molar-refractivity contribution is 5.89.